The largest absolute Gasteiger partial charge is 0.496 e. The van der Waals surface area contributed by atoms with Crippen LogP contribution < -0.4 is 14.8 Å². The molecular weight excluding hydrogens is 238 g/mol. The van der Waals surface area contributed by atoms with Gasteiger partial charge in [0.1, 0.15) is 17.1 Å². The lowest BCUT2D eigenvalue weighted by atomic mass is 10.1. The summed E-state index contributed by atoms with van der Waals surface area (Å²) >= 11 is 0. The predicted octanol–water partition coefficient (Wildman–Crippen LogP) is 1.26. The van der Waals surface area contributed by atoms with E-state index in [1.54, 1.807) is 0 Å². The monoisotopic (exact) mass is 249 g/mol. The van der Waals surface area contributed by atoms with Crippen LogP contribution in [0.5, 0.6) is 11.5 Å². The number of carbonyl (C=O) groups excluding carboxylic acids is 1. The number of amides is 1. The highest BCUT2D eigenvalue weighted by molar-refractivity contribution is 6.04. The SMILES string of the molecule is COc1cc2c(cc1C(=O)O)NC(=O)C1(CC1)O2. The number of ether oxygens (including phenoxy) is 2. The number of anilines is 1. The predicted molar refractivity (Wildman–Crippen MR) is 61.2 cm³/mol. The highest BCUT2D eigenvalue weighted by Gasteiger charge is 2.55. The molecule has 1 heterocycles. The number of carbonyl (C=O) groups is 2. The number of aromatic carboxylic acids is 1. The van der Waals surface area contributed by atoms with Crippen LogP contribution in [0.3, 0.4) is 0 Å². The van der Waals surface area contributed by atoms with E-state index in [0.717, 1.165) is 0 Å². The summed E-state index contributed by atoms with van der Waals surface area (Å²) in [5, 5.41) is 11.7. The lowest BCUT2D eigenvalue weighted by Gasteiger charge is -2.26. The molecule has 1 fully saturated rings. The molecule has 6 heteroatoms. The average Bonchev–Trinajstić information content (AvgIpc) is 3.10. The summed E-state index contributed by atoms with van der Waals surface area (Å²) in [6.07, 6.45) is 1.36. The van der Waals surface area contributed by atoms with Crippen LogP contribution in [0.2, 0.25) is 0 Å². The molecule has 0 radical (unpaired) electrons. The molecule has 0 aromatic heterocycles. The van der Waals surface area contributed by atoms with E-state index >= 15 is 0 Å². The summed E-state index contributed by atoms with van der Waals surface area (Å²) in [7, 11) is 1.39. The van der Waals surface area contributed by atoms with Crippen LogP contribution in [0, 0.1) is 0 Å². The van der Waals surface area contributed by atoms with Gasteiger partial charge in [0.25, 0.3) is 5.91 Å². The van der Waals surface area contributed by atoms with Gasteiger partial charge in [-0.25, -0.2) is 4.79 Å². The van der Waals surface area contributed by atoms with Crippen LogP contribution in [0.4, 0.5) is 5.69 Å². The highest BCUT2D eigenvalue weighted by Crippen LogP contribution is 2.48. The Morgan fingerprint density at radius 1 is 1.50 bits per heavy atom. The van der Waals surface area contributed by atoms with Gasteiger partial charge in [-0.1, -0.05) is 0 Å². The van der Waals surface area contributed by atoms with Crippen molar-refractivity contribution in [3.8, 4) is 11.5 Å². The first-order valence-electron chi connectivity index (χ1n) is 5.51. The maximum Gasteiger partial charge on any atom is 0.339 e. The van der Waals surface area contributed by atoms with E-state index in [9.17, 15) is 9.59 Å². The van der Waals surface area contributed by atoms with Gasteiger partial charge < -0.3 is 19.9 Å². The second-order valence-corrected chi connectivity index (χ2v) is 4.40. The van der Waals surface area contributed by atoms with Crippen LogP contribution >= 0.6 is 0 Å². The Hall–Kier alpha value is -2.24. The van der Waals surface area contributed by atoms with E-state index in [1.807, 2.05) is 0 Å². The molecule has 18 heavy (non-hydrogen) atoms. The molecule has 0 unspecified atom stereocenters. The van der Waals surface area contributed by atoms with Gasteiger partial charge in [0.2, 0.25) is 0 Å². The molecular formula is C12H11NO5. The Balaban J connectivity index is 2.09. The van der Waals surface area contributed by atoms with Crippen molar-refractivity contribution in [1.82, 2.24) is 0 Å². The van der Waals surface area contributed by atoms with Crippen molar-refractivity contribution < 1.29 is 24.2 Å². The first-order valence-corrected chi connectivity index (χ1v) is 5.51. The van der Waals surface area contributed by atoms with Crippen LogP contribution in [-0.4, -0.2) is 29.7 Å². The molecule has 1 aromatic rings. The maximum absolute atomic E-state index is 11.8. The molecule has 6 nitrogen and oxygen atoms in total. The van der Waals surface area contributed by atoms with Gasteiger partial charge in [0, 0.05) is 18.9 Å². The third-order valence-corrected chi connectivity index (χ3v) is 3.20. The number of methoxy groups -OCH3 is 1. The van der Waals surface area contributed by atoms with Crippen LogP contribution in [0.1, 0.15) is 23.2 Å². The second kappa shape index (κ2) is 3.38. The molecule has 0 saturated heterocycles. The Labute approximate surface area is 103 Å². The van der Waals surface area contributed by atoms with E-state index in [-0.39, 0.29) is 17.2 Å². The molecule has 0 bridgehead atoms. The number of carboxylic acids is 1. The zero-order chi connectivity index (χ0) is 12.9. The van der Waals surface area contributed by atoms with Crippen molar-refractivity contribution in [2.75, 3.05) is 12.4 Å². The molecule has 1 amide bonds. The number of nitrogens with one attached hydrogen (secondary N) is 1. The standard InChI is InChI=1S/C12H11NO5/c1-17-8-5-9-7(4-6(8)10(14)15)13-11(16)12(18-9)2-3-12/h4-5H,2-3H2,1H3,(H,13,16)(H,14,15). The minimum Gasteiger partial charge on any atom is -0.496 e. The molecule has 2 aliphatic rings. The molecule has 1 spiro atoms. The number of rotatable bonds is 2. The third-order valence-electron chi connectivity index (χ3n) is 3.20. The van der Waals surface area contributed by atoms with Crippen LogP contribution in [0.15, 0.2) is 12.1 Å². The molecule has 0 atom stereocenters. The molecule has 94 valence electrons. The van der Waals surface area contributed by atoms with Gasteiger partial charge in [-0.15, -0.1) is 0 Å². The van der Waals surface area contributed by atoms with Gasteiger partial charge in [-0.05, 0) is 6.07 Å². The molecule has 1 aliphatic carbocycles. The van der Waals surface area contributed by atoms with Crippen molar-refractivity contribution in [3.05, 3.63) is 17.7 Å². The van der Waals surface area contributed by atoms with E-state index in [1.165, 1.54) is 19.2 Å². The van der Waals surface area contributed by atoms with Gasteiger partial charge in [0.15, 0.2) is 5.60 Å². The first kappa shape index (κ1) is 10.9. The van der Waals surface area contributed by atoms with E-state index < -0.39 is 11.6 Å². The van der Waals surface area contributed by atoms with Gasteiger partial charge in [-0.3, -0.25) is 4.79 Å². The van der Waals surface area contributed by atoms with Crippen molar-refractivity contribution in [3.63, 3.8) is 0 Å². The van der Waals surface area contributed by atoms with Gasteiger partial charge in [0.05, 0.1) is 12.8 Å². The number of hydrogen-bond donors (Lipinski definition) is 2. The number of fused-ring (bicyclic) bond motifs is 1. The first-order chi connectivity index (χ1) is 8.55. The third kappa shape index (κ3) is 1.42. The number of hydrogen-bond acceptors (Lipinski definition) is 4. The van der Waals surface area contributed by atoms with Crippen molar-refractivity contribution in [1.29, 1.82) is 0 Å². The molecule has 3 rings (SSSR count). The lowest BCUT2D eigenvalue weighted by Crippen LogP contribution is -2.39. The molecule has 1 saturated carbocycles. The summed E-state index contributed by atoms with van der Waals surface area (Å²) in [5.41, 5.74) is -0.384. The minimum absolute atomic E-state index is 0.00750. The summed E-state index contributed by atoms with van der Waals surface area (Å²) in [6, 6.07) is 2.85. The van der Waals surface area contributed by atoms with Crippen molar-refractivity contribution in [2.24, 2.45) is 0 Å². The van der Waals surface area contributed by atoms with Crippen molar-refractivity contribution in [2.45, 2.75) is 18.4 Å². The Bertz CT molecular complexity index is 562. The van der Waals surface area contributed by atoms with Crippen molar-refractivity contribution >= 4 is 17.6 Å². The van der Waals surface area contributed by atoms with Gasteiger partial charge >= 0.3 is 5.97 Å². The van der Waals surface area contributed by atoms with Crippen LogP contribution in [0.25, 0.3) is 0 Å². The lowest BCUT2D eigenvalue weighted by molar-refractivity contribution is -0.125. The van der Waals surface area contributed by atoms with E-state index in [0.29, 0.717) is 24.3 Å². The molecule has 2 N–H and O–H groups in total. The highest BCUT2D eigenvalue weighted by atomic mass is 16.5. The quantitative estimate of drug-likeness (QED) is 0.824. The normalized spacial score (nSPS) is 18.6. The smallest absolute Gasteiger partial charge is 0.339 e. The summed E-state index contributed by atoms with van der Waals surface area (Å²) in [5.74, 6) is -0.658. The van der Waals surface area contributed by atoms with Gasteiger partial charge in [-0.2, -0.15) is 0 Å². The maximum atomic E-state index is 11.8. The zero-order valence-corrected chi connectivity index (χ0v) is 9.65. The summed E-state index contributed by atoms with van der Waals surface area (Å²) < 4.78 is 10.6. The fraction of sp³-hybridized carbons (Fsp3) is 0.333. The summed E-state index contributed by atoms with van der Waals surface area (Å²) in [6.45, 7) is 0. The topological polar surface area (TPSA) is 84.9 Å². The van der Waals surface area contributed by atoms with Crippen LogP contribution in [-0.2, 0) is 4.79 Å². The zero-order valence-electron chi connectivity index (χ0n) is 9.65. The Kier molecular flexibility index (Phi) is 2.04. The fourth-order valence-electron chi connectivity index (χ4n) is 2.02. The molecule has 1 aliphatic heterocycles. The molecule has 1 aromatic carbocycles. The number of carboxylic acid groups (broad SMARTS) is 1. The summed E-state index contributed by atoms with van der Waals surface area (Å²) in [4.78, 5) is 22.8. The number of benzene rings is 1. The second-order valence-electron chi connectivity index (χ2n) is 4.40. The Morgan fingerprint density at radius 2 is 2.22 bits per heavy atom. The van der Waals surface area contributed by atoms with E-state index in [4.69, 9.17) is 14.6 Å². The average molecular weight is 249 g/mol. The fourth-order valence-corrected chi connectivity index (χ4v) is 2.02. The minimum atomic E-state index is -1.12. The Morgan fingerprint density at radius 3 is 2.78 bits per heavy atom. The van der Waals surface area contributed by atoms with E-state index in [2.05, 4.69) is 5.32 Å².